The summed E-state index contributed by atoms with van der Waals surface area (Å²) in [5.74, 6) is -0.487. The van der Waals surface area contributed by atoms with Crippen molar-refractivity contribution in [2.75, 3.05) is 13.1 Å². The van der Waals surface area contributed by atoms with Crippen molar-refractivity contribution in [1.82, 2.24) is 15.6 Å². The zero-order valence-electron chi connectivity index (χ0n) is 10.8. The van der Waals surface area contributed by atoms with Gasteiger partial charge in [0, 0.05) is 32.1 Å². The van der Waals surface area contributed by atoms with Gasteiger partial charge < -0.3 is 15.4 Å². The second kappa shape index (κ2) is 7.97. The van der Waals surface area contributed by atoms with Gasteiger partial charge in [0.1, 0.15) is 11.5 Å². The summed E-state index contributed by atoms with van der Waals surface area (Å²) in [5.41, 5.74) is 0.338. The van der Waals surface area contributed by atoms with Gasteiger partial charge in [-0.1, -0.05) is 6.07 Å². The maximum Gasteiger partial charge on any atom is 0.269 e. The Bertz CT molecular complexity index is 446. The molecule has 0 saturated heterocycles. The zero-order chi connectivity index (χ0) is 14.1. The lowest BCUT2D eigenvalue weighted by molar-refractivity contribution is -0.124. The van der Waals surface area contributed by atoms with Gasteiger partial charge in [-0.05, 0) is 19.1 Å². The Morgan fingerprint density at radius 1 is 1.11 bits per heavy atom. The van der Waals surface area contributed by atoms with Crippen LogP contribution in [0.25, 0.3) is 0 Å². The number of carbonyl (C=O) groups excluding carboxylic acids is 3. The van der Waals surface area contributed by atoms with Crippen molar-refractivity contribution < 1.29 is 14.4 Å². The standard InChI is InChI=1S/C13H17N3O3/c1-10(17)5-6-12(18)15-8-9-16-13(19)11-4-2-3-7-14-11/h2-4,7H,5-6,8-9H2,1H3,(H,15,18)(H,16,19). The van der Waals surface area contributed by atoms with E-state index in [2.05, 4.69) is 15.6 Å². The molecule has 0 aliphatic rings. The van der Waals surface area contributed by atoms with E-state index in [0.29, 0.717) is 18.8 Å². The van der Waals surface area contributed by atoms with Gasteiger partial charge in [0.2, 0.25) is 5.91 Å². The normalized spacial score (nSPS) is 9.74. The second-order valence-electron chi connectivity index (χ2n) is 4.02. The summed E-state index contributed by atoms with van der Waals surface area (Å²) in [4.78, 5) is 37.4. The van der Waals surface area contributed by atoms with Crippen molar-refractivity contribution >= 4 is 17.6 Å². The van der Waals surface area contributed by atoms with Gasteiger partial charge in [-0.2, -0.15) is 0 Å². The Morgan fingerprint density at radius 3 is 2.47 bits per heavy atom. The largest absolute Gasteiger partial charge is 0.354 e. The first-order chi connectivity index (χ1) is 9.09. The predicted molar refractivity (Wildman–Crippen MR) is 69.5 cm³/mol. The Kier molecular flexibility index (Phi) is 6.21. The number of Topliss-reactive ketones (excluding diaryl/α,β-unsaturated/α-hetero) is 1. The van der Waals surface area contributed by atoms with Crippen LogP contribution in [0.5, 0.6) is 0 Å². The number of ketones is 1. The summed E-state index contributed by atoms with van der Waals surface area (Å²) in [7, 11) is 0. The average Bonchev–Trinajstić information content (AvgIpc) is 2.42. The molecule has 0 unspecified atom stereocenters. The molecule has 0 aliphatic heterocycles. The van der Waals surface area contributed by atoms with Crippen LogP contribution >= 0.6 is 0 Å². The summed E-state index contributed by atoms with van der Waals surface area (Å²) in [6.45, 7) is 2.09. The first-order valence-electron chi connectivity index (χ1n) is 6.05. The third-order valence-corrected chi connectivity index (χ3v) is 2.33. The van der Waals surface area contributed by atoms with Crippen molar-refractivity contribution in [3.63, 3.8) is 0 Å². The summed E-state index contributed by atoms with van der Waals surface area (Å²) in [5, 5.41) is 5.25. The van der Waals surface area contributed by atoms with Crippen LogP contribution in [0.15, 0.2) is 24.4 Å². The SMILES string of the molecule is CC(=O)CCC(=O)NCCNC(=O)c1ccccn1. The van der Waals surface area contributed by atoms with Gasteiger partial charge >= 0.3 is 0 Å². The van der Waals surface area contributed by atoms with E-state index >= 15 is 0 Å². The fourth-order valence-corrected chi connectivity index (χ4v) is 1.34. The minimum absolute atomic E-state index is 0.0152. The lowest BCUT2D eigenvalue weighted by Crippen LogP contribution is -2.35. The third kappa shape index (κ3) is 6.30. The first-order valence-corrected chi connectivity index (χ1v) is 6.05. The number of hydrogen-bond donors (Lipinski definition) is 2. The topological polar surface area (TPSA) is 88.2 Å². The van der Waals surface area contributed by atoms with Gasteiger partial charge in [-0.15, -0.1) is 0 Å². The van der Waals surface area contributed by atoms with Crippen LogP contribution < -0.4 is 10.6 Å². The summed E-state index contributed by atoms with van der Waals surface area (Å²) in [6.07, 6.45) is 1.97. The molecule has 2 N–H and O–H groups in total. The summed E-state index contributed by atoms with van der Waals surface area (Å²) >= 11 is 0. The van der Waals surface area contributed by atoms with Crippen LogP contribution in [-0.2, 0) is 9.59 Å². The highest BCUT2D eigenvalue weighted by atomic mass is 16.2. The molecular formula is C13H17N3O3. The third-order valence-electron chi connectivity index (χ3n) is 2.33. The fourth-order valence-electron chi connectivity index (χ4n) is 1.34. The molecule has 0 spiro atoms. The van der Waals surface area contributed by atoms with Crippen LogP contribution in [-0.4, -0.2) is 35.7 Å². The maximum atomic E-state index is 11.6. The number of amides is 2. The van der Waals surface area contributed by atoms with Crippen LogP contribution in [0.4, 0.5) is 0 Å². The minimum atomic E-state index is -0.279. The monoisotopic (exact) mass is 263 g/mol. The predicted octanol–water partition coefficient (Wildman–Crippen LogP) is 0.297. The highest BCUT2D eigenvalue weighted by Crippen LogP contribution is 1.92. The van der Waals surface area contributed by atoms with Gasteiger partial charge in [0.25, 0.3) is 5.91 Å². The quantitative estimate of drug-likeness (QED) is 0.692. The molecule has 0 atom stereocenters. The Labute approximate surface area is 111 Å². The van der Waals surface area contributed by atoms with Crippen molar-refractivity contribution in [3.05, 3.63) is 30.1 Å². The number of rotatable bonds is 7. The van der Waals surface area contributed by atoms with E-state index in [0.717, 1.165) is 0 Å². The maximum absolute atomic E-state index is 11.6. The molecule has 102 valence electrons. The van der Waals surface area contributed by atoms with Crippen LogP contribution in [0.3, 0.4) is 0 Å². The number of carbonyl (C=O) groups is 3. The van der Waals surface area contributed by atoms with Crippen molar-refractivity contribution in [1.29, 1.82) is 0 Å². The highest BCUT2D eigenvalue weighted by molar-refractivity contribution is 5.92. The number of pyridine rings is 1. The zero-order valence-corrected chi connectivity index (χ0v) is 10.8. The summed E-state index contributed by atoms with van der Waals surface area (Å²) < 4.78 is 0. The van der Waals surface area contributed by atoms with E-state index in [1.165, 1.54) is 6.92 Å². The second-order valence-corrected chi connectivity index (χ2v) is 4.02. The van der Waals surface area contributed by atoms with E-state index in [1.807, 2.05) is 0 Å². The Balaban J connectivity index is 2.16. The molecule has 1 heterocycles. The number of nitrogens with one attached hydrogen (secondary N) is 2. The van der Waals surface area contributed by atoms with E-state index in [9.17, 15) is 14.4 Å². The van der Waals surface area contributed by atoms with E-state index in [-0.39, 0.29) is 30.4 Å². The highest BCUT2D eigenvalue weighted by Gasteiger charge is 2.06. The minimum Gasteiger partial charge on any atom is -0.354 e. The molecule has 1 rings (SSSR count). The molecule has 0 aliphatic carbocycles. The number of hydrogen-bond acceptors (Lipinski definition) is 4. The van der Waals surface area contributed by atoms with Crippen molar-refractivity contribution in [3.8, 4) is 0 Å². The Morgan fingerprint density at radius 2 is 1.84 bits per heavy atom. The van der Waals surface area contributed by atoms with Gasteiger partial charge in [0.15, 0.2) is 0 Å². The molecule has 2 amide bonds. The molecule has 0 aromatic carbocycles. The lowest BCUT2D eigenvalue weighted by Gasteiger charge is -2.06. The van der Waals surface area contributed by atoms with E-state index < -0.39 is 0 Å². The molecule has 0 bridgehead atoms. The van der Waals surface area contributed by atoms with Crippen molar-refractivity contribution in [2.45, 2.75) is 19.8 Å². The van der Waals surface area contributed by atoms with Crippen molar-refractivity contribution in [2.24, 2.45) is 0 Å². The lowest BCUT2D eigenvalue weighted by atomic mass is 10.2. The molecule has 6 nitrogen and oxygen atoms in total. The molecule has 0 saturated carbocycles. The van der Waals surface area contributed by atoms with Gasteiger partial charge in [-0.25, -0.2) is 0 Å². The molecule has 0 fully saturated rings. The Hall–Kier alpha value is -2.24. The van der Waals surface area contributed by atoms with E-state index in [1.54, 1.807) is 24.4 Å². The van der Waals surface area contributed by atoms with Crippen LogP contribution in [0.1, 0.15) is 30.3 Å². The molecular weight excluding hydrogens is 246 g/mol. The molecule has 1 aromatic rings. The number of aromatic nitrogens is 1. The number of nitrogens with zero attached hydrogens (tertiary/aromatic N) is 1. The van der Waals surface area contributed by atoms with Gasteiger partial charge in [-0.3, -0.25) is 14.6 Å². The molecule has 0 radical (unpaired) electrons. The molecule has 19 heavy (non-hydrogen) atoms. The molecule has 6 heteroatoms. The first kappa shape index (κ1) is 14.8. The van der Waals surface area contributed by atoms with E-state index in [4.69, 9.17) is 0 Å². The fraction of sp³-hybridized carbons (Fsp3) is 0.385. The van der Waals surface area contributed by atoms with Crippen LogP contribution in [0, 0.1) is 0 Å². The smallest absolute Gasteiger partial charge is 0.269 e. The van der Waals surface area contributed by atoms with Gasteiger partial charge in [0.05, 0.1) is 0 Å². The summed E-state index contributed by atoms with van der Waals surface area (Å²) in [6, 6.07) is 5.07. The molecule has 1 aromatic heterocycles. The van der Waals surface area contributed by atoms with Crippen LogP contribution in [0.2, 0.25) is 0 Å². The average molecular weight is 263 g/mol.